The molecule has 0 unspecified atom stereocenters. The summed E-state index contributed by atoms with van der Waals surface area (Å²) in [6.07, 6.45) is 5.47. The second-order valence-electron chi connectivity index (χ2n) is 6.88. The predicted molar refractivity (Wildman–Crippen MR) is 95.4 cm³/mol. The molecule has 25 heavy (non-hydrogen) atoms. The van der Waals surface area contributed by atoms with Gasteiger partial charge in [0.1, 0.15) is 12.7 Å². The zero-order valence-electron chi connectivity index (χ0n) is 14.4. The Kier molecular flexibility index (Phi) is 3.95. The van der Waals surface area contributed by atoms with Gasteiger partial charge in [0.15, 0.2) is 0 Å². The van der Waals surface area contributed by atoms with Gasteiger partial charge in [0.25, 0.3) is 5.91 Å². The first kappa shape index (κ1) is 15.7. The van der Waals surface area contributed by atoms with E-state index in [0.29, 0.717) is 18.0 Å². The van der Waals surface area contributed by atoms with Gasteiger partial charge in [0.2, 0.25) is 0 Å². The zero-order chi connectivity index (χ0) is 17.4. The van der Waals surface area contributed by atoms with Gasteiger partial charge in [-0.25, -0.2) is 4.98 Å². The number of nitrogens with one attached hydrogen (secondary N) is 1. The van der Waals surface area contributed by atoms with Crippen LogP contribution in [-0.2, 0) is 6.54 Å². The summed E-state index contributed by atoms with van der Waals surface area (Å²) in [5.41, 5.74) is 3.76. The number of hydrogen-bond acceptors (Lipinski definition) is 4. The van der Waals surface area contributed by atoms with Crippen molar-refractivity contribution in [1.82, 2.24) is 25.1 Å². The van der Waals surface area contributed by atoms with Crippen LogP contribution in [-0.4, -0.2) is 31.7 Å². The molecule has 0 spiro atoms. The second-order valence-corrected chi connectivity index (χ2v) is 6.88. The van der Waals surface area contributed by atoms with E-state index < -0.39 is 0 Å². The minimum Gasteiger partial charge on any atom is -0.348 e. The summed E-state index contributed by atoms with van der Waals surface area (Å²) in [4.78, 5) is 21.6. The van der Waals surface area contributed by atoms with Crippen LogP contribution in [0.1, 0.15) is 47.3 Å². The van der Waals surface area contributed by atoms with E-state index in [1.54, 1.807) is 11.0 Å². The fourth-order valence-electron chi connectivity index (χ4n) is 3.09. The van der Waals surface area contributed by atoms with Gasteiger partial charge in [-0.1, -0.05) is 11.6 Å². The lowest BCUT2D eigenvalue weighted by atomic mass is 10.0. The summed E-state index contributed by atoms with van der Waals surface area (Å²) in [5, 5.41) is 8.08. The van der Waals surface area contributed by atoms with E-state index in [9.17, 15) is 4.79 Å². The summed E-state index contributed by atoms with van der Waals surface area (Å²) in [5.74, 6) is 0.442. The molecule has 1 fully saturated rings. The van der Waals surface area contributed by atoms with Crippen LogP contribution in [0.2, 0.25) is 0 Å². The number of amides is 1. The topological polar surface area (TPSA) is 72.7 Å². The first-order valence-corrected chi connectivity index (χ1v) is 8.65. The quantitative estimate of drug-likeness (QED) is 0.778. The highest BCUT2D eigenvalue weighted by molar-refractivity contribution is 6.06. The number of aryl methyl sites for hydroxylation is 1. The van der Waals surface area contributed by atoms with Crippen LogP contribution >= 0.6 is 0 Å². The number of aromatic nitrogens is 4. The molecule has 4 rings (SSSR count). The van der Waals surface area contributed by atoms with E-state index in [0.717, 1.165) is 35.0 Å². The molecule has 3 aromatic rings. The standard InChI is InChI=1S/C19H21N5O/c1-12-3-6-17-15(7-12)16(8-18(23-17)14-4-5-14)19(25)22-13(2)9-24-11-20-10-21-24/h3,6-8,10-11,13-14H,4-5,9H2,1-2H3,(H,22,25)/t13-/m1/s1. The predicted octanol–water partition coefficient (Wildman–Crippen LogP) is 2.83. The van der Waals surface area contributed by atoms with Crippen molar-refractivity contribution in [2.24, 2.45) is 0 Å². The Labute approximate surface area is 146 Å². The van der Waals surface area contributed by atoms with Crippen LogP contribution in [0.4, 0.5) is 0 Å². The van der Waals surface area contributed by atoms with Gasteiger partial charge >= 0.3 is 0 Å². The van der Waals surface area contributed by atoms with Crippen LogP contribution in [0.25, 0.3) is 10.9 Å². The summed E-state index contributed by atoms with van der Waals surface area (Å²) in [6.45, 7) is 4.59. The van der Waals surface area contributed by atoms with Crippen LogP contribution in [0.5, 0.6) is 0 Å². The molecule has 1 atom stereocenters. The molecule has 2 heterocycles. The number of benzene rings is 1. The van der Waals surface area contributed by atoms with Gasteiger partial charge in [0, 0.05) is 23.0 Å². The van der Waals surface area contributed by atoms with Crippen molar-refractivity contribution in [3.63, 3.8) is 0 Å². The Balaban J connectivity index is 1.64. The van der Waals surface area contributed by atoms with Crippen molar-refractivity contribution < 1.29 is 4.79 Å². The normalized spacial score (nSPS) is 15.3. The van der Waals surface area contributed by atoms with E-state index >= 15 is 0 Å². The van der Waals surface area contributed by atoms with E-state index in [1.807, 2.05) is 38.1 Å². The smallest absolute Gasteiger partial charge is 0.252 e. The number of carbonyl (C=O) groups is 1. The van der Waals surface area contributed by atoms with E-state index in [4.69, 9.17) is 4.98 Å². The third-order valence-corrected chi connectivity index (χ3v) is 4.53. The van der Waals surface area contributed by atoms with Gasteiger partial charge in [-0.05, 0) is 44.9 Å². The first-order chi connectivity index (χ1) is 12.1. The number of nitrogens with zero attached hydrogens (tertiary/aromatic N) is 4. The lowest BCUT2D eigenvalue weighted by Gasteiger charge is -2.15. The van der Waals surface area contributed by atoms with Crippen molar-refractivity contribution >= 4 is 16.8 Å². The van der Waals surface area contributed by atoms with Crippen LogP contribution in [0.15, 0.2) is 36.9 Å². The van der Waals surface area contributed by atoms with Crippen molar-refractivity contribution in [2.45, 2.75) is 45.2 Å². The first-order valence-electron chi connectivity index (χ1n) is 8.65. The third kappa shape index (κ3) is 3.38. The third-order valence-electron chi connectivity index (χ3n) is 4.53. The van der Waals surface area contributed by atoms with Crippen LogP contribution in [0.3, 0.4) is 0 Å². The van der Waals surface area contributed by atoms with Crippen molar-refractivity contribution in [1.29, 1.82) is 0 Å². The van der Waals surface area contributed by atoms with Crippen LogP contribution < -0.4 is 5.32 Å². The average Bonchev–Trinajstić information content (AvgIpc) is 3.32. The van der Waals surface area contributed by atoms with Crippen molar-refractivity contribution in [2.75, 3.05) is 0 Å². The molecule has 1 amide bonds. The van der Waals surface area contributed by atoms with Gasteiger partial charge in [-0.3, -0.25) is 14.5 Å². The zero-order valence-corrected chi connectivity index (χ0v) is 14.4. The van der Waals surface area contributed by atoms with Gasteiger partial charge in [-0.15, -0.1) is 0 Å². The molecule has 128 valence electrons. The molecule has 6 heteroatoms. The fraction of sp³-hybridized carbons (Fsp3) is 0.368. The van der Waals surface area contributed by atoms with Crippen molar-refractivity contribution in [3.05, 3.63) is 53.7 Å². The average molecular weight is 335 g/mol. The summed E-state index contributed by atoms with van der Waals surface area (Å²) < 4.78 is 1.72. The number of hydrogen-bond donors (Lipinski definition) is 1. The highest BCUT2D eigenvalue weighted by Crippen LogP contribution is 2.40. The minimum absolute atomic E-state index is 0.0494. The largest absolute Gasteiger partial charge is 0.348 e. The second kappa shape index (κ2) is 6.27. The van der Waals surface area contributed by atoms with Crippen molar-refractivity contribution in [3.8, 4) is 0 Å². The number of fused-ring (bicyclic) bond motifs is 1. The molecule has 1 aromatic carbocycles. The maximum absolute atomic E-state index is 12.9. The van der Waals surface area contributed by atoms with E-state index in [2.05, 4.69) is 15.4 Å². The van der Waals surface area contributed by atoms with E-state index in [-0.39, 0.29) is 11.9 Å². The SMILES string of the molecule is Cc1ccc2nc(C3CC3)cc(C(=O)N[C@H](C)Cn3cncn3)c2c1. The molecular formula is C19H21N5O. The molecule has 0 radical (unpaired) electrons. The van der Waals surface area contributed by atoms with E-state index in [1.165, 1.54) is 6.33 Å². The summed E-state index contributed by atoms with van der Waals surface area (Å²) >= 11 is 0. The maximum Gasteiger partial charge on any atom is 0.252 e. The minimum atomic E-state index is -0.0625. The van der Waals surface area contributed by atoms with Gasteiger partial charge < -0.3 is 5.32 Å². The molecule has 1 N–H and O–H groups in total. The summed E-state index contributed by atoms with van der Waals surface area (Å²) in [7, 11) is 0. The molecule has 6 nitrogen and oxygen atoms in total. The Hall–Kier alpha value is -2.76. The molecule has 0 saturated heterocycles. The van der Waals surface area contributed by atoms with Gasteiger partial charge in [0.05, 0.1) is 17.6 Å². The molecule has 1 saturated carbocycles. The molecule has 0 bridgehead atoms. The van der Waals surface area contributed by atoms with Crippen LogP contribution in [0, 0.1) is 6.92 Å². The summed E-state index contributed by atoms with van der Waals surface area (Å²) in [6, 6.07) is 8.01. The lowest BCUT2D eigenvalue weighted by Crippen LogP contribution is -2.36. The Morgan fingerprint density at radius 2 is 2.20 bits per heavy atom. The highest BCUT2D eigenvalue weighted by atomic mass is 16.1. The van der Waals surface area contributed by atoms with Gasteiger partial charge in [-0.2, -0.15) is 5.10 Å². The highest BCUT2D eigenvalue weighted by Gasteiger charge is 2.27. The Morgan fingerprint density at radius 1 is 1.36 bits per heavy atom. The molecule has 2 aromatic heterocycles. The molecule has 0 aliphatic heterocycles. The molecule has 1 aliphatic rings. The number of rotatable bonds is 5. The monoisotopic (exact) mass is 335 g/mol. The Bertz CT molecular complexity index is 915. The molecule has 1 aliphatic carbocycles. The number of carbonyl (C=O) groups excluding carboxylic acids is 1. The fourth-order valence-corrected chi connectivity index (χ4v) is 3.09. The Morgan fingerprint density at radius 3 is 2.92 bits per heavy atom. The number of pyridine rings is 1. The molecular weight excluding hydrogens is 314 g/mol. The maximum atomic E-state index is 12.9. The lowest BCUT2D eigenvalue weighted by molar-refractivity contribution is 0.0937.